The standard InChI is InChI=1S/C12H19NO/c1-10-5-2-3-8-12(10,14)11(9-13)6-4-7-11/h10,14H,2-8H2,1H3. The van der Waals surface area contributed by atoms with Crippen molar-refractivity contribution < 1.29 is 5.11 Å². The molecule has 0 heterocycles. The number of nitrogens with zero attached hydrogens (tertiary/aromatic N) is 1. The number of hydrogen-bond donors (Lipinski definition) is 1. The minimum atomic E-state index is -0.682. The first-order chi connectivity index (χ1) is 6.65. The Balaban J connectivity index is 2.25. The molecule has 2 saturated carbocycles. The predicted molar refractivity (Wildman–Crippen MR) is 54.5 cm³/mol. The zero-order valence-electron chi connectivity index (χ0n) is 8.92. The molecular formula is C12H19NO. The van der Waals surface area contributed by atoms with Gasteiger partial charge in [0, 0.05) is 0 Å². The lowest BCUT2D eigenvalue weighted by atomic mass is 9.53. The highest BCUT2D eigenvalue weighted by atomic mass is 16.3. The highest BCUT2D eigenvalue weighted by molar-refractivity contribution is 5.17. The fourth-order valence-electron chi connectivity index (χ4n) is 3.21. The SMILES string of the molecule is CC1CCCCC1(O)C1(C#N)CCC1. The van der Waals surface area contributed by atoms with Crippen molar-refractivity contribution in [3.63, 3.8) is 0 Å². The van der Waals surface area contributed by atoms with Crippen LogP contribution in [0, 0.1) is 22.7 Å². The van der Waals surface area contributed by atoms with Gasteiger partial charge in [0.2, 0.25) is 0 Å². The molecule has 2 atom stereocenters. The summed E-state index contributed by atoms with van der Waals surface area (Å²) in [4.78, 5) is 0. The van der Waals surface area contributed by atoms with Gasteiger partial charge in [-0.3, -0.25) is 0 Å². The Kier molecular flexibility index (Phi) is 2.31. The molecule has 1 N–H and O–H groups in total. The summed E-state index contributed by atoms with van der Waals surface area (Å²) in [5.74, 6) is 0.302. The molecule has 0 amide bonds. The average Bonchev–Trinajstić information content (AvgIpc) is 2.09. The van der Waals surface area contributed by atoms with Crippen molar-refractivity contribution in [3.05, 3.63) is 0 Å². The van der Waals surface area contributed by atoms with Gasteiger partial charge in [0.05, 0.1) is 17.1 Å². The van der Waals surface area contributed by atoms with Gasteiger partial charge in [0.15, 0.2) is 0 Å². The molecule has 2 heteroatoms. The summed E-state index contributed by atoms with van der Waals surface area (Å²) in [7, 11) is 0. The van der Waals surface area contributed by atoms with Crippen molar-refractivity contribution >= 4 is 0 Å². The van der Waals surface area contributed by atoms with Gasteiger partial charge in [-0.25, -0.2) is 0 Å². The molecule has 0 bridgehead atoms. The molecule has 78 valence electrons. The Morgan fingerprint density at radius 1 is 1.21 bits per heavy atom. The van der Waals surface area contributed by atoms with Crippen LogP contribution < -0.4 is 0 Å². The van der Waals surface area contributed by atoms with Gasteiger partial charge in [0.25, 0.3) is 0 Å². The lowest BCUT2D eigenvalue weighted by Crippen LogP contribution is -2.56. The molecule has 0 spiro atoms. The lowest BCUT2D eigenvalue weighted by Gasteiger charge is -2.53. The maximum atomic E-state index is 10.7. The zero-order chi connectivity index (χ0) is 10.2. The van der Waals surface area contributed by atoms with E-state index >= 15 is 0 Å². The maximum Gasteiger partial charge on any atom is 0.0862 e. The second kappa shape index (κ2) is 3.24. The van der Waals surface area contributed by atoms with Crippen molar-refractivity contribution in [3.8, 4) is 6.07 Å². The van der Waals surface area contributed by atoms with Crippen LogP contribution in [0.3, 0.4) is 0 Å². The first kappa shape index (κ1) is 9.98. The van der Waals surface area contributed by atoms with E-state index in [9.17, 15) is 10.4 Å². The van der Waals surface area contributed by atoms with Crippen LogP contribution in [-0.4, -0.2) is 10.7 Å². The summed E-state index contributed by atoms with van der Waals surface area (Å²) in [6.45, 7) is 2.11. The van der Waals surface area contributed by atoms with E-state index in [0.29, 0.717) is 5.92 Å². The molecule has 0 saturated heterocycles. The van der Waals surface area contributed by atoms with Gasteiger partial charge in [0.1, 0.15) is 0 Å². The van der Waals surface area contributed by atoms with E-state index in [4.69, 9.17) is 0 Å². The summed E-state index contributed by atoms with van der Waals surface area (Å²) in [6, 6.07) is 2.41. The third-order valence-electron chi connectivity index (χ3n) is 4.51. The molecule has 2 nitrogen and oxygen atoms in total. The number of aliphatic hydroxyl groups is 1. The Morgan fingerprint density at radius 3 is 2.36 bits per heavy atom. The van der Waals surface area contributed by atoms with Crippen LogP contribution >= 0.6 is 0 Å². The van der Waals surface area contributed by atoms with Gasteiger partial charge < -0.3 is 5.11 Å². The van der Waals surface area contributed by atoms with E-state index in [1.807, 2.05) is 0 Å². The van der Waals surface area contributed by atoms with Crippen molar-refractivity contribution in [2.24, 2.45) is 11.3 Å². The molecule has 2 rings (SSSR count). The first-order valence-electron chi connectivity index (χ1n) is 5.78. The van der Waals surface area contributed by atoms with E-state index in [0.717, 1.165) is 38.5 Å². The topological polar surface area (TPSA) is 44.0 Å². The van der Waals surface area contributed by atoms with E-state index in [1.54, 1.807) is 0 Å². The van der Waals surface area contributed by atoms with Crippen LogP contribution in [0.4, 0.5) is 0 Å². The smallest absolute Gasteiger partial charge is 0.0862 e. The summed E-state index contributed by atoms with van der Waals surface area (Å²) in [5, 5.41) is 19.9. The van der Waals surface area contributed by atoms with Crippen molar-refractivity contribution in [1.29, 1.82) is 5.26 Å². The summed E-state index contributed by atoms with van der Waals surface area (Å²) in [6.07, 6.45) is 7.15. The van der Waals surface area contributed by atoms with Crippen LogP contribution in [0.5, 0.6) is 0 Å². The quantitative estimate of drug-likeness (QED) is 0.695. The van der Waals surface area contributed by atoms with Crippen molar-refractivity contribution in [1.82, 2.24) is 0 Å². The molecule has 0 radical (unpaired) electrons. The number of rotatable bonds is 1. The van der Waals surface area contributed by atoms with E-state index in [1.165, 1.54) is 6.42 Å². The van der Waals surface area contributed by atoms with E-state index in [2.05, 4.69) is 13.0 Å². The Morgan fingerprint density at radius 2 is 1.93 bits per heavy atom. The molecular weight excluding hydrogens is 174 g/mol. The summed E-state index contributed by atoms with van der Waals surface area (Å²) in [5.41, 5.74) is -1.08. The van der Waals surface area contributed by atoms with Gasteiger partial charge in [-0.15, -0.1) is 0 Å². The fourth-order valence-corrected chi connectivity index (χ4v) is 3.21. The minimum absolute atomic E-state index is 0.302. The number of hydrogen-bond acceptors (Lipinski definition) is 2. The molecule has 0 aromatic rings. The van der Waals surface area contributed by atoms with Crippen LogP contribution in [0.1, 0.15) is 51.9 Å². The average molecular weight is 193 g/mol. The van der Waals surface area contributed by atoms with Gasteiger partial charge in [-0.05, 0) is 31.6 Å². The van der Waals surface area contributed by atoms with Crippen LogP contribution in [0.2, 0.25) is 0 Å². The molecule has 2 unspecified atom stereocenters. The Hall–Kier alpha value is -0.550. The first-order valence-corrected chi connectivity index (χ1v) is 5.78. The maximum absolute atomic E-state index is 10.7. The molecule has 2 fully saturated rings. The van der Waals surface area contributed by atoms with Crippen molar-refractivity contribution in [2.45, 2.75) is 57.5 Å². The fraction of sp³-hybridized carbons (Fsp3) is 0.917. The molecule has 0 aromatic carbocycles. The predicted octanol–water partition coefficient (Wildman–Crippen LogP) is 2.62. The van der Waals surface area contributed by atoms with E-state index in [-0.39, 0.29) is 0 Å². The van der Waals surface area contributed by atoms with Crippen LogP contribution in [0.15, 0.2) is 0 Å². The second-order valence-corrected chi connectivity index (χ2v) is 5.12. The molecule has 2 aliphatic rings. The lowest BCUT2D eigenvalue weighted by molar-refractivity contribution is -0.148. The van der Waals surface area contributed by atoms with Crippen LogP contribution in [0.25, 0.3) is 0 Å². The third-order valence-corrected chi connectivity index (χ3v) is 4.51. The van der Waals surface area contributed by atoms with Crippen molar-refractivity contribution in [2.75, 3.05) is 0 Å². The van der Waals surface area contributed by atoms with Gasteiger partial charge in [-0.1, -0.05) is 26.2 Å². The van der Waals surface area contributed by atoms with Gasteiger partial charge in [-0.2, -0.15) is 5.26 Å². The normalized spacial score (nSPS) is 41.1. The summed E-state index contributed by atoms with van der Waals surface area (Å²) < 4.78 is 0. The monoisotopic (exact) mass is 193 g/mol. The Labute approximate surface area is 85.9 Å². The Bertz CT molecular complexity index is 264. The largest absolute Gasteiger partial charge is 0.388 e. The van der Waals surface area contributed by atoms with E-state index < -0.39 is 11.0 Å². The molecule has 0 aliphatic heterocycles. The molecule has 14 heavy (non-hydrogen) atoms. The second-order valence-electron chi connectivity index (χ2n) is 5.12. The third kappa shape index (κ3) is 1.12. The highest BCUT2D eigenvalue weighted by Crippen LogP contribution is 2.55. The zero-order valence-corrected chi connectivity index (χ0v) is 8.92. The van der Waals surface area contributed by atoms with Crippen LogP contribution in [-0.2, 0) is 0 Å². The molecule has 2 aliphatic carbocycles. The molecule has 0 aromatic heterocycles. The highest BCUT2D eigenvalue weighted by Gasteiger charge is 2.57. The number of nitriles is 1. The van der Waals surface area contributed by atoms with Gasteiger partial charge >= 0.3 is 0 Å². The minimum Gasteiger partial charge on any atom is -0.388 e. The summed E-state index contributed by atoms with van der Waals surface area (Å²) >= 11 is 0.